The molecule has 4 heteroatoms. The molecule has 0 aromatic heterocycles. The van der Waals surface area contributed by atoms with Gasteiger partial charge in [-0.2, -0.15) is 0 Å². The van der Waals surface area contributed by atoms with E-state index in [4.69, 9.17) is 9.47 Å². The van der Waals surface area contributed by atoms with E-state index in [0.717, 1.165) is 58.7 Å². The highest BCUT2D eigenvalue weighted by atomic mass is 16.5. The molecular weight excluding hydrogens is 601 g/mol. The Hall–Kier alpha value is -1.20. The zero-order valence-corrected chi connectivity index (χ0v) is 33.6. The molecule has 0 aliphatic heterocycles. The van der Waals surface area contributed by atoms with E-state index in [2.05, 4.69) is 86.8 Å². The van der Waals surface area contributed by atoms with Crippen molar-refractivity contribution in [1.29, 1.82) is 0 Å². The third kappa shape index (κ3) is 42.9. The number of nitrogens with zero attached hydrogens (tertiary/aromatic N) is 1. The molecule has 0 aromatic carbocycles. The highest BCUT2D eigenvalue weighted by Gasteiger charge is 2.09. The third-order valence-corrected chi connectivity index (χ3v) is 9.09. The van der Waals surface area contributed by atoms with Gasteiger partial charge in [-0.05, 0) is 124 Å². The quantitative estimate of drug-likeness (QED) is 0.0514. The summed E-state index contributed by atoms with van der Waals surface area (Å²) in [6, 6.07) is 0. The Labute approximate surface area is 308 Å². The van der Waals surface area contributed by atoms with Gasteiger partial charge in [0.1, 0.15) is 0 Å². The molecule has 0 aliphatic rings. The number of hydrogen-bond acceptors (Lipinski definition) is 4. The highest BCUT2D eigenvalue weighted by Crippen LogP contribution is 2.11. The molecule has 1 unspecified atom stereocenters. The minimum absolute atomic E-state index is 0.212. The predicted octanol–water partition coefficient (Wildman–Crippen LogP) is 12.9. The lowest BCUT2D eigenvalue weighted by Crippen LogP contribution is -2.28. The Morgan fingerprint density at radius 1 is 0.490 bits per heavy atom. The van der Waals surface area contributed by atoms with Gasteiger partial charge in [0.2, 0.25) is 0 Å². The van der Waals surface area contributed by atoms with Crippen molar-refractivity contribution in [3.63, 3.8) is 0 Å². The molecule has 0 spiro atoms. The summed E-state index contributed by atoms with van der Waals surface area (Å²) in [7, 11) is 4.29. The van der Waals surface area contributed by atoms with Gasteiger partial charge in [0.15, 0.2) is 0 Å². The number of ether oxygens (including phenoxy) is 2. The van der Waals surface area contributed by atoms with Crippen molar-refractivity contribution in [3.8, 4) is 0 Å². The Balaban J connectivity index is 3.89. The fraction of sp³-hybridized carbons (Fsp3) is 0.822. The molecule has 0 saturated carbocycles. The lowest BCUT2D eigenvalue weighted by atomic mass is 10.1. The first-order chi connectivity index (χ1) is 24.2. The van der Waals surface area contributed by atoms with Gasteiger partial charge in [-0.15, -0.1) is 0 Å². The Bertz CT molecular complexity index is 730. The largest absolute Gasteiger partial charge is 0.379 e. The number of rotatable bonds is 40. The van der Waals surface area contributed by atoms with Crippen LogP contribution in [0.3, 0.4) is 0 Å². The molecule has 0 rings (SSSR count). The summed E-state index contributed by atoms with van der Waals surface area (Å²) in [6.07, 6.45) is 52.0. The Kier molecular flexibility index (Phi) is 41.9. The molecule has 288 valence electrons. The summed E-state index contributed by atoms with van der Waals surface area (Å²) in [6.45, 7) is 10.2. The van der Waals surface area contributed by atoms with Crippen LogP contribution in [0.25, 0.3) is 0 Å². The second kappa shape index (κ2) is 43.0. The minimum Gasteiger partial charge on any atom is -0.379 e. The SMILES string of the molecule is CCCCCC=CCC=CCCCCCCCCOCC(CCNCCCN(C)C)OCCCCCCCCC=CCC=CCCCCC. The minimum atomic E-state index is 0.212. The van der Waals surface area contributed by atoms with E-state index in [1.807, 2.05) is 0 Å². The standard InChI is InChI=1S/C45H86N2O2/c1-5-7-9-11-13-15-17-19-21-23-25-27-29-31-33-35-42-48-44-45(38-40-46-39-37-41-47(3)4)49-43-36-34-32-30-28-26-24-22-20-18-16-14-12-10-8-6-2/h13-16,19-22,45-46H,5-12,17-18,23-44H2,1-4H3. The van der Waals surface area contributed by atoms with E-state index in [-0.39, 0.29) is 6.10 Å². The van der Waals surface area contributed by atoms with Crippen LogP contribution in [0, 0.1) is 0 Å². The lowest BCUT2D eigenvalue weighted by molar-refractivity contribution is -0.0220. The fourth-order valence-electron chi connectivity index (χ4n) is 5.87. The van der Waals surface area contributed by atoms with Crippen molar-refractivity contribution in [2.24, 2.45) is 0 Å². The molecule has 49 heavy (non-hydrogen) atoms. The second-order valence-corrected chi connectivity index (χ2v) is 14.4. The van der Waals surface area contributed by atoms with Crippen LogP contribution in [-0.2, 0) is 9.47 Å². The van der Waals surface area contributed by atoms with Gasteiger partial charge >= 0.3 is 0 Å². The zero-order chi connectivity index (χ0) is 35.6. The maximum atomic E-state index is 6.34. The molecule has 0 amide bonds. The number of nitrogens with one attached hydrogen (secondary N) is 1. The molecule has 0 aliphatic carbocycles. The molecule has 4 nitrogen and oxygen atoms in total. The van der Waals surface area contributed by atoms with E-state index >= 15 is 0 Å². The topological polar surface area (TPSA) is 33.7 Å². The maximum Gasteiger partial charge on any atom is 0.0820 e. The monoisotopic (exact) mass is 687 g/mol. The predicted molar refractivity (Wildman–Crippen MR) is 220 cm³/mol. The van der Waals surface area contributed by atoms with Crippen LogP contribution >= 0.6 is 0 Å². The molecule has 0 fully saturated rings. The van der Waals surface area contributed by atoms with Crippen LogP contribution in [0.2, 0.25) is 0 Å². The Morgan fingerprint density at radius 3 is 1.43 bits per heavy atom. The molecule has 0 aromatic rings. The van der Waals surface area contributed by atoms with Gasteiger partial charge in [0.25, 0.3) is 0 Å². The van der Waals surface area contributed by atoms with Crippen LogP contribution in [0.4, 0.5) is 0 Å². The van der Waals surface area contributed by atoms with Crippen molar-refractivity contribution in [2.45, 2.75) is 187 Å². The van der Waals surface area contributed by atoms with E-state index < -0.39 is 0 Å². The van der Waals surface area contributed by atoms with Crippen LogP contribution in [0.5, 0.6) is 0 Å². The normalized spacial score (nSPS) is 13.1. The molecule has 0 radical (unpaired) electrons. The molecule has 0 saturated heterocycles. The number of allylic oxidation sites excluding steroid dienone is 8. The summed E-state index contributed by atoms with van der Waals surface area (Å²) in [5.41, 5.74) is 0. The molecule has 1 N–H and O–H groups in total. The summed E-state index contributed by atoms with van der Waals surface area (Å²) in [4.78, 5) is 2.25. The van der Waals surface area contributed by atoms with Crippen molar-refractivity contribution in [3.05, 3.63) is 48.6 Å². The van der Waals surface area contributed by atoms with Gasteiger partial charge in [-0.25, -0.2) is 0 Å². The molecular formula is C45H86N2O2. The third-order valence-electron chi connectivity index (χ3n) is 9.09. The van der Waals surface area contributed by atoms with Crippen molar-refractivity contribution in [1.82, 2.24) is 10.2 Å². The summed E-state index contributed by atoms with van der Waals surface area (Å²) >= 11 is 0. The molecule has 1 atom stereocenters. The van der Waals surface area contributed by atoms with Gasteiger partial charge in [0.05, 0.1) is 12.7 Å². The first-order valence-corrected chi connectivity index (χ1v) is 21.3. The second-order valence-electron chi connectivity index (χ2n) is 14.4. The van der Waals surface area contributed by atoms with E-state index in [0.29, 0.717) is 0 Å². The van der Waals surface area contributed by atoms with Gasteiger partial charge in [-0.3, -0.25) is 0 Å². The summed E-state index contributed by atoms with van der Waals surface area (Å²) < 4.78 is 12.5. The highest BCUT2D eigenvalue weighted by molar-refractivity contribution is 4.93. The average Bonchev–Trinajstić information content (AvgIpc) is 3.10. The maximum absolute atomic E-state index is 6.34. The summed E-state index contributed by atoms with van der Waals surface area (Å²) in [5.74, 6) is 0. The van der Waals surface area contributed by atoms with Crippen molar-refractivity contribution >= 4 is 0 Å². The van der Waals surface area contributed by atoms with E-state index in [1.165, 1.54) is 148 Å². The van der Waals surface area contributed by atoms with E-state index in [9.17, 15) is 0 Å². The van der Waals surface area contributed by atoms with Gasteiger partial charge < -0.3 is 19.7 Å². The molecule has 0 heterocycles. The van der Waals surface area contributed by atoms with E-state index in [1.54, 1.807) is 0 Å². The summed E-state index contributed by atoms with van der Waals surface area (Å²) in [5, 5.41) is 3.61. The van der Waals surface area contributed by atoms with Crippen LogP contribution in [0.1, 0.15) is 181 Å². The molecule has 0 bridgehead atoms. The van der Waals surface area contributed by atoms with Crippen molar-refractivity contribution < 1.29 is 9.47 Å². The zero-order valence-electron chi connectivity index (χ0n) is 33.6. The number of hydrogen-bond donors (Lipinski definition) is 1. The van der Waals surface area contributed by atoms with Gasteiger partial charge in [-0.1, -0.05) is 140 Å². The van der Waals surface area contributed by atoms with Crippen LogP contribution < -0.4 is 5.32 Å². The first kappa shape index (κ1) is 47.8. The fourth-order valence-corrected chi connectivity index (χ4v) is 5.87. The van der Waals surface area contributed by atoms with Crippen molar-refractivity contribution in [2.75, 3.05) is 53.6 Å². The van der Waals surface area contributed by atoms with Gasteiger partial charge in [0, 0.05) is 13.2 Å². The number of unbranched alkanes of at least 4 members (excludes halogenated alkanes) is 18. The average molecular weight is 687 g/mol. The Morgan fingerprint density at radius 2 is 0.939 bits per heavy atom. The lowest BCUT2D eigenvalue weighted by Gasteiger charge is -2.19. The van der Waals surface area contributed by atoms with Crippen LogP contribution in [-0.4, -0.2) is 64.6 Å². The first-order valence-electron chi connectivity index (χ1n) is 21.3. The van der Waals surface area contributed by atoms with Crippen LogP contribution in [0.15, 0.2) is 48.6 Å². The smallest absolute Gasteiger partial charge is 0.0820 e.